The van der Waals surface area contributed by atoms with Gasteiger partial charge in [0.1, 0.15) is 6.61 Å². The molecule has 0 fully saturated rings. The largest absolute Gasteiger partial charge is 0.485 e. The third-order valence-electron chi connectivity index (χ3n) is 1.94. The lowest BCUT2D eigenvalue weighted by Gasteiger charge is -2.24. The second-order valence-corrected chi connectivity index (χ2v) is 2.87. The molecule has 1 aromatic carbocycles. The normalized spacial score (nSPS) is 18.8. The Morgan fingerprint density at radius 1 is 1.43 bits per heavy atom. The Kier molecular flexibility index (Phi) is 2.24. The summed E-state index contributed by atoms with van der Waals surface area (Å²) < 4.78 is 10.7. The van der Waals surface area contributed by atoms with Gasteiger partial charge < -0.3 is 9.47 Å². The smallest absolute Gasteiger partial charge is 0.278 e. The third kappa shape index (κ3) is 1.49. The number of hydrogen-bond donors (Lipinski definition) is 2. The van der Waals surface area contributed by atoms with Crippen molar-refractivity contribution in [2.75, 3.05) is 6.61 Å². The van der Waals surface area contributed by atoms with Gasteiger partial charge in [0.2, 0.25) is 6.10 Å². The first-order chi connectivity index (χ1) is 6.81. The third-order valence-corrected chi connectivity index (χ3v) is 1.94. The molecule has 0 aromatic heterocycles. The number of ether oxygens (including phenoxy) is 2. The molecule has 5 nitrogen and oxygen atoms in total. The van der Waals surface area contributed by atoms with Crippen molar-refractivity contribution in [1.82, 2.24) is 5.43 Å². The van der Waals surface area contributed by atoms with Crippen molar-refractivity contribution < 1.29 is 14.3 Å². The van der Waals surface area contributed by atoms with E-state index in [4.69, 9.17) is 15.3 Å². The van der Waals surface area contributed by atoms with Gasteiger partial charge in [-0.15, -0.1) is 0 Å². The molecular formula is C9H10N2O3. The Morgan fingerprint density at radius 3 is 2.86 bits per heavy atom. The highest BCUT2D eigenvalue weighted by Crippen LogP contribution is 2.30. The number of nitrogens with one attached hydrogen (secondary N) is 1. The molecule has 1 atom stereocenters. The van der Waals surface area contributed by atoms with Gasteiger partial charge in [-0.1, -0.05) is 12.1 Å². The summed E-state index contributed by atoms with van der Waals surface area (Å²) in [7, 11) is 0. The molecular weight excluding hydrogens is 184 g/mol. The molecule has 1 aliphatic rings. The van der Waals surface area contributed by atoms with Crippen molar-refractivity contribution in [2.45, 2.75) is 6.10 Å². The highest BCUT2D eigenvalue weighted by molar-refractivity contribution is 5.81. The molecule has 3 N–H and O–H groups in total. The lowest BCUT2D eigenvalue weighted by atomic mass is 10.2. The van der Waals surface area contributed by atoms with E-state index >= 15 is 0 Å². The Morgan fingerprint density at radius 2 is 2.14 bits per heavy atom. The van der Waals surface area contributed by atoms with Gasteiger partial charge in [-0.3, -0.25) is 10.2 Å². The molecule has 5 heteroatoms. The molecule has 2 rings (SSSR count). The topological polar surface area (TPSA) is 73.6 Å². The van der Waals surface area contributed by atoms with Gasteiger partial charge in [-0.05, 0) is 12.1 Å². The molecule has 74 valence electrons. The number of hydrazine groups is 1. The summed E-state index contributed by atoms with van der Waals surface area (Å²) in [4.78, 5) is 11.1. The fraction of sp³-hybridized carbons (Fsp3) is 0.222. The van der Waals surface area contributed by atoms with E-state index < -0.39 is 6.10 Å². The summed E-state index contributed by atoms with van der Waals surface area (Å²) in [5, 5.41) is 0. The van der Waals surface area contributed by atoms with Crippen LogP contribution < -0.4 is 20.7 Å². The van der Waals surface area contributed by atoms with Crippen molar-refractivity contribution in [2.24, 2.45) is 5.84 Å². The fourth-order valence-corrected chi connectivity index (χ4v) is 1.24. The summed E-state index contributed by atoms with van der Waals surface area (Å²) in [5.41, 5.74) is 2.02. The number of benzene rings is 1. The Hall–Kier alpha value is -1.75. The van der Waals surface area contributed by atoms with E-state index in [1.807, 2.05) is 17.6 Å². The number of hydrogen-bond acceptors (Lipinski definition) is 4. The first-order valence-corrected chi connectivity index (χ1v) is 4.20. The molecule has 0 radical (unpaired) electrons. The minimum absolute atomic E-state index is 0.181. The maximum absolute atomic E-state index is 11.1. The predicted octanol–water partition coefficient (Wildman–Crippen LogP) is -0.184. The summed E-state index contributed by atoms with van der Waals surface area (Å²) in [5.74, 6) is 5.81. The number of nitrogens with two attached hydrogens (primary N) is 1. The van der Waals surface area contributed by atoms with Crippen molar-refractivity contribution in [3.05, 3.63) is 24.3 Å². The average molecular weight is 194 g/mol. The van der Waals surface area contributed by atoms with Crippen molar-refractivity contribution in [1.29, 1.82) is 0 Å². The maximum Gasteiger partial charge on any atom is 0.278 e. The number of fused-ring (bicyclic) bond motifs is 1. The van der Waals surface area contributed by atoms with E-state index in [0.717, 1.165) is 0 Å². The van der Waals surface area contributed by atoms with Crippen molar-refractivity contribution in [3.8, 4) is 11.5 Å². The number of carbonyl (C=O) groups excluding carboxylic acids is 1. The van der Waals surface area contributed by atoms with E-state index in [9.17, 15) is 4.79 Å². The fourth-order valence-electron chi connectivity index (χ4n) is 1.24. The van der Waals surface area contributed by atoms with Crippen LogP contribution in [0.2, 0.25) is 0 Å². The van der Waals surface area contributed by atoms with Crippen LogP contribution in [-0.2, 0) is 4.79 Å². The van der Waals surface area contributed by atoms with Crippen LogP contribution in [-0.4, -0.2) is 18.6 Å². The lowest BCUT2D eigenvalue weighted by Crippen LogP contribution is -2.46. The first kappa shape index (κ1) is 8.83. The second-order valence-electron chi connectivity index (χ2n) is 2.87. The van der Waals surface area contributed by atoms with Crippen LogP contribution in [0.4, 0.5) is 0 Å². The van der Waals surface area contributed by atoms with Crippen LogP contribution >= 0.6 is 0 Å². The lowest BCUT2D eigenvalue weighted by molar-refractivity contribution is -0.130. The molecule has 0 bridgehead atoms. The molecule has 1 heterocycles. The van der Waals surface area contributed by atoms with Gasteiger partial charge in [0.05, 0.1) is 0 Å². The molecule has 0 unspecified atom stereocenters. The van der Waals surface area contributed by atoms with E-state index in [0.29, 0.717) is 11.5 Å². The van der Waals surface area contributed by atoms with Gasteiger partial charge in [0.15, 0.2) is 11.5 Å². The second kappa shape index (κ2) is 3.55. The van der Waals surface area contributed by atoms with E-state index in [1.54, 1.807) is 12.1 Å². The molecule has 0 saturated heterocycles. The molecule has 0 aliphatic carbocycles. The standard InChI is InChI=1S/C9H10N2O3/c10-11-9(12)8-5-13-6-3-1-2-4-7(6)14-8/h1-4,8H,5,10H2,(H,11,12)/t8-/m1/s1. The minimum Gasteiger partial charge on any atom is -0.485 e. The van der Waals surface area contributed by atoms with Crippen LogP contribution in [0.25, 0.3) is 0 Å². The van der Waals surface area contributed by atoms with E-state index in [2.05, 4.69) is 0 Å². The summed E-state index contributed by atoms with van der Waals surface area (Å²) in [6, 6.07) is 7.17. The Balaban J connectivity index is 2.17. The molecule has 1 aromatic rings. The Bertz CT molecular complexity index is 354. The van der Waals surface area contributed by atoms with Gasteiger partial charge >= 0.3 is 0 Å². The number of carbonyl (C=O) groups is 1. The van der Waals surface area contributed by atoms with Crippen LogP contribution in [0.3, 0.4) is 0 Å². The van der Waals surface area contributed by atoms with Crippen LogP contribution in [0, 0.1) is 0 Å². The SMILES string of the molecule is NNC(=O)[C@H]1COc2ccccc2O1. The summed E-state index contributed by atoms with van der Waals surface area (Å²) in [6.07, 6.45) is -0.671. The zero-order chi connectivity index (χ0) is 9.97. The number of para-hydroxylation sites is 2. The number of rotatable bonds is 1. The van der Waals surface area contributed by atoms with Gasteiger partial charge in [0.25, 0.3) is 5.91 Å². The highest BCUT2D eigenvalue weighted by atomic mass is 16.6. The summed E-state index contributed by atoms with van der Waals surface area (Å²) in [6.45, 7) is 0.181. The van der Waals surface area contributed by atoms with Crippen molar-refractivity contribution >= 4 is 5.91 Å². The monoisotopic (exact) mass is 194 g/mol. The molecule has 0 spiro atoms. The first-order valence-electron chi connectivity index (χ1n) is 4.20. The molecule has 1 aliphatic heterocycles. The summed E-state index contributed by atoms with van der Waals surface area (Å²) >= 11 is 0. The Labute approximate surface area is 80.8 Å². The van der Waals surface area contributed by atoms with Gasteiger partial charge in [-0.25, -0.2) is 5.84 Å². The predicted molar refractivity (Wildman–Crippen MR) is 48.7 cm³/mol. The zero-order valence-corrected chi connectivity index (χ0v) is 7.40. The van der Waals surface area contributed by atoms with Crippen LogP contribution in [0.5, 0.6) is 11.5 Å². The van der Waals surface area contributed by atoms with Crippen LogP contribution in [0.15, 0.2) is 24.3 Å². The average Bonchev–Trinajstić information content (AvgIpc) is 2.27. The zero-order valence-electron chi connectivity index (χ0n) is 7.40. The molecule has 1 amide bonds. The van der Waals surface area contributed by atoms with Gasteiger partial charge in [0, 0.05) is 0 Å². The minimum atomic E-state index is -0.671. The van der Waals surface area contributed by atoms with E-state index in [-0.39, 0.29) is 12.5 Å². The molecule has 0 saturated carbocycles. The van der Waals surface area contributed by atoms with Crippen molar-refractivity contribution in [3.63, 3.8) is 0 Å². The highest BCUT2D eigenvalue weighted by Gasteiger charge is 2.26. The van der Waals surface area contributed by atoms with Gasteiger partial charge in [-0.2, -0.15) is 0 Å². The van der Waals surface area contributed by atoms with E-state index in [1.165, 1.54) is 0 Å². The van der Waals surface area contributed by atoms with Crippen LogP contribution in [0.1, 0.15) is 0 Å². The number of amides is 1. The molecule has 14 heavy (non-hydrogen) atoms. The quantitative estimate of drug-likeness (QED) is 0.369. The maximum atomic E-state index is 11.1.